The summed E-state index contributed by atoms with van der Waals surface area (Å²) in [4.78, 5) is 16.6. The molecular weight excluding hydrogens is 443 g/mol. The third-order valence-corrected chi connectivity index (χ3v) is 4.92. The lowest BCUT2D eigenvalue weighted by molar-refractivity contribution is -0.125. The predicted molar refractivity (Wildman–Crippen MR) is 107 cm³/mol. The lowest BCUT2D eigenvalue weighted by Gasteiger charge is -2.25. The Morgan fingerprint density at radius 3 is 2.62 bits per heavy atom. The van der Waals surface area contributed by atoms with Crippen molar-refractivity contribution in [3.05, 3.63) is 70.6 Å². The molecular formula is C20H15IN2O3. The van der Waals surface area contributed by atoms with Gasteiger partial charge in [-0.05, 0) is 70.1 Å². The second-order valence-electron chi connectivity index (χ2n) is 5.78. The first-order valence-electron chi connectivity index (χ1n) is 8.10. The topological polar surface area (TPSA) is 60.5 Å². The summed E-state index contributed by atoms with van der Waals surface area (Å²) in [6, 6.07) is 17.1. The number of ether oxygens (including phenoxy) is 2. The third kappa shape index (κ3) is 3.50. The van der Waals surface area contributed by atoms with E-state index in [1.54, 1.807) is 18.5 Å². The van der Waals surface area contributed by atoms with Crippen LogP contribution in [0.3, 0.4) is 0 Å². The van der Waals surface area contributed by atoms with Crippen molar-refractivity contribution in [2.24, 2.45) is 0 Å². The van der Waals surface area contributed by atoms with E-state index in [2.05, 4.69) is 32.9 Å². The molecule has 26 heavy (non-hydrogen) atoms. The van der Waals surface area contributed by atoms with Gasteiger partial charge in [0.25, 0.3) is 5.91 Å². The number of fused-ring (bicyclic) bond motifs is 1. The highest BCUT2D eigenvalue weighted by Crippen LogP contribution is 2.31. The zero-order chi connectivity index (χ0) is 17.9. The molecule has 0 radical (unpaired) electrons. The van der Waals surface area contributed by atoms with Crippen LogP contribution in [0.5, 0.6) is 11.5 Å². The number of nitrogens with zero attached hydrogens (tertiary/aromatic N) is 1. The van der Waals surface area contributed by atoms with Gasteiger partial charge in [-0.15, -0.1) is 0 Å². The van der Waals surface area contributed by atoms with Gasteiger partial charge < -0.3 is 14.8 Å². The molecule has 3 aromatic rings. The molecule has 1 N–H and O–H groups in total. The molecule has 4 rings (SSSR count). The van der Waals surface area contributed by atoms with Gasteiger partial charge in [0, 0.05) is 21.7 Å². The van der Waals surface area contributed by atoms with Crippen LogP contribution in [-0.4, -0.2) is 23.6 Å². The number of hydrogen-bond donors (Lipinski definition) is 1. The number of nitrogens with one attached hydrogen (secondary N) is 1. The highest BCUT2D eigenvalue weighted by Gasteiger charge is 2.27. The van der Waals surface area contributed by atoms with Crippen molar-refractivity contribution >= 4 is 34.2 Å². The fourth-order valence-corrected chi connectivity index (χ4v) is 3.56. The average Bonchev–Trinajstić information content (AvgIpc) is 2.68. The number of benzene rings is 2. The Hall–Kier alpha value is -2.61. The minimum absolute atomic E-state index is 0.190. The summed E-state index contributed by atoms with van der Waals surface area (Å²) < 4.78 is 12.4. The molecule has 0 spiro atoms. The number of para-hydroxylation sites is 2. The van der Waals surface area contributed by atoms with E-state index in [1.165, 1.54) is 0 Å². The van der Waals surface area contributed by atoms with Crippen molar-refractivity contribution in [2.45, 2.75) is 6.10 Å². The zero-order valence-corrected chi connectivity index (χ0v) is 15.8. The van der Waals surface area contributed by atoms with E-state index in [0.29, 0.717) is 11.5 Å². The first-order chi connectivity index (χ1) is 12.7. The Balaban J connectivity index is 1.48. The van der Waals surface area contributed by atoms with Crippen molar-refractivity contribution in [1.82, 2.24) is 4.98 Å². The number of rotatable bonds is 3. The number of amides is 1. The van der Waals surface area contributed by atoms with Gasteiger partial charge in [-0.1, -0.05) is 18.2 Å². The van der Waals surface area contributed by atoms with E-state index in [9.17, 15) is 4.79 Å². The summed E-state index contributed by atoms with van der Waals surface area (Å²) >= 11 is 2.26. The van der Waals surface area contributed by atoms with E-state index < -0.39 is 6.10 Å². The van der Waals surface area contributed by atoms with Crippen molar-refractivity contribution in [2.75, 3.05) is 11.9 Å². The minimum atomic E-state index is -0.678. The van der Waals surface area contributed by atoms with Crippen LogP contribution in [-0.2, 0) is 4.79 Å². The number of halogens is 1. The molecule has 0 saturated carbocycles. The molecule has 1 aliphatic rings. The Kier molecular flexibility index (Phi) is 4.75. The molecule has 2 aromatic carbocycles. The summed E-state index contributed by atoms with van der Waals surface area (Å²) in [5.74, 6) is 1.02. The number of carbonyl (C=O) groups excluding carboxylic acids is 1. The second-order valence-corrected chi connectivity index (χ2v) is 6.95. The monoisotopic (exact) mass is 458 g/mol. The van der Waals surface area contributed by atoms with Crippen LogP contribution in [0.25, 0.3) is 11.1 Å². The lowest BCUT2D eigenvalue weighted by atomic mass is 10.1. The Labute approximate surface area is 164 Å². The Morgan fingerprint density at radius 2 is 1.85 bits per heavy atom. The molecule has 0 saturated heterocycles. The van der Waals surface area contributed by atoms with E-state index in [0.717, 1.165) is 20.4 Å². The van der Waals surface area contributed by atoms with Crippen molar-refractivity contribution in [1.29, 1.82) is 0 Å². The maximum atomic E-state index is 12.5. The molecule has 0 bridgehead atoms. The van der Waals surface area contributed by atoms with Gasteiger partial charge in [0.2, 0.25) is 6.10 Å². The van der Waals surface area contributed by atoms with Crippen LogP contribution < -0.4 is 14.8 Å². The number of anilines is 1. The number of aromatic nitrogens is 1. The van der Waals surface area contributed by atoms with Crippen LogP contribution in [0.2, 0.25) is 0 Å². The van der Waals surface area contributed by atoms with Gasteiger partial charge in [-0.2, -0.15) is 0 Å². The number of carbonyl (C=O) groups is 1. The van der Waals surface area contributed by atoms with Gasteiger partial charge in [-0.25, -0.2) is 0 Å². The fourth-order valence-electron chi connectivity index (χ4n) is 2.73. The first kappa shape index (κ1) is 16.8. The van der Waals surface area contributed by atoms with Crippen LogP contribution in [0.4, 0.5) is 5.69 Å². The van der Waals surface area contributed by atoms with Gasteiger partial charge in [0.05, 0.1) is 0 Å². The third-order valence-electron chi connectivity index (χ3n) is 4.03. The summed E-state index contributed by atoms with van der Waals surface area (Å²) in [6.07, 6.45) is 2.85. The Bertz CT molecular complexity index is 947. The summed E-state index contributed by atoms with van der Waals surface area (Å²) in [6.45, 7) is 0.190. The van der Waals surface area contributed by atoms with E-state index in [4.69, 9.17) is 9.47 Å². The molecule has 1 aromatic heterocycles. The number of pyridine rings is 1. The molecule has 0 aliphatic carbocycles. The molecule has 0 fully saturated rings. The van der Waals surface area contributed by atoms with E-state index >= 15 is 0 Å². The molecule has 130 valence electrons. The molecule has 6 heteroatoms. The maximum absolute atomic E-state index is 12.5. The minimum Gasteiger partial charge on any atom is -0.485 e. The largest absolute Gasteiger partial charge is 0.485 e. The van der Waals surface area contributed by atoms with Crippen LogP contribution >= 0.6 is 22.6 Å². The number of hydrogen-bond acceptors (Lipinski definition) is 4. The highest BCUT2D eigenvalue weighted by molar-refractivity contribution is 14.1. The summed E-state index contributed by atoms with van der Waals surface area (Å²) in [7, 11) is 0. The van der Waals surface area contributed by atoms with Crippen molar-refractivity contribution in [3.63, 3.8) is 0 Å². The van der Waals surface area contributed by atoms with Gasteiger partial charge in [0.1, 0.15) is 6.61 Å². The Morgan fingerprint density at radius 1 is 1.08 bits per heavy atom. The van der Waals surface area contributed by atoms with Crippen molar-refractivity contribution in [3.8, 4) is 22.6 Å². The van der Waals surface area contributed by atoms with Gasteiger partial charge in [-0.3, -0.25) is 9.78 Å². The fraction of sp³-hybridized carbons (Fsp3) is 0.100. The van der Waals surface area contributed by atoms with Crippen LogP contribution in [0, 0.1) is 3.57 Å². The molecule has 1 atom stereocenters. The SMILES string of the molecule is O=C(Nc1ccc(-c2ccncc2)c(I)c1)[C@H]1COc2ccccc2O1. The highest BCUT2D eigenvalue weighted by atomic mass is 127. The summed E-state index contributed by atoms with van der Waals surface area (Å²) in [5, 5.41) is 2.90. The van der Waals surface area contributed by atoms with Crippen molar-refractivity contribution < 1.29 is 14.3 Å². The second kappa shape index (κ2) is 7.33. The van der Waals surface area contributed by atoms with Gasteiger partial charge in [0.15, 0.2) is 11.5 Å². The van der Waals surface area contributed by atoms with E-state index in [1.807, 2.05) is 48.5 Å². The molecule has 1 aliphatic heterocycles. The smallest absolute Gasteiger partial charge is 0.269 e. The average molecular weight is 458 g/mol. The maximum Gasteiger partial charge on any atom is 0.269 e. The zero-order valence-electron chi connectivity index (χ0n) is 13.7. The van der Waals surface area contributed by atoms with Crippen LogP contribution in [0.15, 0.2) is 67.0 Å². The first-order valence-corrected chi connectivity index (χ1v) is 9.18. The normalized spacial score (nSPS) is 15.3. The predicted octanol–water partition coefficient (Wildman–Crippen LogP) is 4.13. The molecule has 1 amide bonds. The van der Waals surface area contributed by atoms with E-state index in [-0.39, 0.29) is 12.5 Å². The quantitative estimate of drug-likeness (QED) is 0.600. The standard InChI is InChI=1S/C20H15IN2O3/c21-16-11-14(5-6-15(16)13-7-9-22-10-8-13)23-20(24)19-12-25-17-3-1-2-4-18(17)26-19/h1-11,19H,12H2,(H,23,24)/t19-/m1/s1. The lowest BCUT2D eigenvalue weighted by Crippen LogP contribution is -2.40. The molecule has 5 nitrogen and oxygen atoms in total. The molecule has 0 unspecified atom stereocenters. The van der Waals surface area contributed by atoms with Crippen LogP contribution in [0.1, 0.15) is 0 Å². The molecule has 2 heterocycles. The summed E-state index contributed by atoms with van der Waals surface area (Å²) in [5.41, 5.74) is 2.90. The van der Waals surface area contributed by atoms with Gasteiger partial charge >= 0.3 is 0 Å².